The van der Waals surface area contributed by atoms with Gasteiger partial charge >= 0.3 is 12.1 Å². The van der Waals surface area contributed by atoms with E-state index < -0.39 is 12.1 Å². The Balaban J connectivity index is 0.000000249. The van der Waals surface area contributed by atoms with Crippen LogP contribution in [0.2, 0.25) is 0 Å². The van der Waals surface area contributed by atoms with E-state index >= 15 is 0 Å². The predicted octanol–water partition coefficient (Wildman–Crippen LogP) is -0.974. The van der Waals surface area contributed by atoms with Gasteiger partial charge in [-0.1, -0.05) is 0 Å². The SMILES string of the molecule is C1CNCCN1.NC(=O)OC(=O)CCl. The summed E-state index contributed by atoms with van der Waals surface area (Å²) in [6, 6.07) is 0. The zero-order valence-corrected chi connectivity index (χ0v) is 8.47. The van der Waals surface area contributed by atoms with Gasteiger partial charge in [0.25, 0.3) is 0 Å². The number of alkyl halides is 1. The van der Waals surface area contributed by atoms with Crippen molar-refractivity contribution in [1.82, 2.24) is 10.6 Å². The van der Waals surface area contributed by atoms with Gasteiger partial charge in [0.05, 0.1) is 0 Å². The van der Waals surface area contributed by atoms with Gasteiger partial charge in [0.1, 0.15) is 5.88 Å². The Morgan fingerprint density at radius 2 is 1.64 bits per heavy atom. The van der Waals surface area contributed by atoms with Crippen molar-refractivity contribution in [3.63, 3.8) is 0 Å². The zero-order chi connectivity index (χ0) is 10.8. The maximum Gasteiger partial charge on any atom is 0.412 e. The summed E-state index contributed by atoms with van der Waals surface area (Å²) < 4.78 is 3.77. The van der Waals surface area contributed by atoms with E-state index in [1.807, 2.05) is 0 Å². The number of rotatable bonds is 1. The van der Waals surface area contributed by atoms with Gasteiger partial charge in [0.15, 0.2) is 0 Å². The number of esters is 1. The highest BCUT2D eigenvalue weighted by atomic mass is 35.5. The lowest BCUT2D eigenvalue weighted by Gasteiger charge is -2.11. The summed E-state index contributed by atoms with van der Waals surface area (Å²) in [6.45, 7) is 4.56. The largest absolute Gasteiger partial charge is 0.412 e. The molecule has 0 atom stereocenters. The lowest BCUT2D eigenvalue weighted by molar-refractivity contribution is -0.134. The van der Waals surface area contributed by atoms with E-state index in [1.165, 1.54) is 0 Å². The Morgan fingerprint density at radius 1 is 1.21 bits per heavy atom. The zero-order valence-electron chi connectivity index (χ0n) is 7.72. The van der Waals surface area contributed by atoms with E-state index in [1.54, 1.807) is 0 Å². The van der Waals surface area contributed by atoms with Crippen LogP contribution in [-0.2, 0) is 9.53 Å². The molecule has 0 spiro atoms. The Labute approximate surface area is 87.1 Å². The number of ether oxygens (including phenoxy) is 1. The molecule has 82 valence electrons. The summed E-state index contributed by atoms with van der Waals surface area (Å²) in [4.78, 5) is 19.7. The molecule has 7 heteroatoms. The van der Waals surface area contributed by atoms with E-state index in [4.69, 9.17) is 11.6 Å². The smallest absolute Gasteiger partial charge is 0.376 e. The number of halogens is 1. The van der Waals surface area contributed by atoms with Gasteiger partial charge in [-0.15, -0.1) is 11.6 Å². The average molecular weight is 224 g/mol. The van der Waals surface area contributed by atoms with Crippen LogP contribution in [0.5, 0.6) is 0 Å². The first-order valence-corrected chi connectivity index (χ1v) is 4.67. The summed E-state index contributed by atoms with van der Waals surface area (Å²) in [5, 5.41) is 6.44. The van der Waals surface area contributed by atoms with Crippen LogP contribution in [-0.4, -0.2) is 44.1 Å². The van der Waals surface area contributed by atoms with E-state index in [0.717, 1.165) is 26.2 Å². The number of hydrogen-bond acceptors (Lipinski definition) is 5. The Morgan fingerprint density at radius 3 is 1.79 bits per heavy atom. The van der Waals surface area contributed by atoms with E-state index in [-0.39, 0.29) is 5.88 Å². The fraction of sp³-hybridized carbons (Fsp3) is 0.714. The maximum absolute atomic E-state index is 9.97. The Hall–Kier alpha value is -0.850. The Bertz CT molecular complexity index is 174. The molecule has 0 bridgehead atoms. The number of primary amides is 1. The highest BCUT2D eigenvalue weighted by Crippen LogP contribution is 1.80. The molecule has 1 aliphatic heterocycles. The minimum Gasteiger partial charge on any atom is -0.376 e. The maximum atomic E-state index is 9.97. The van der Waals surface area contributed by atoms with Gasteiger partial charge in [-0.2, -0.15) is 0 Å². The highest BCUT2D eigenvalue weighted by Gasteiger charge is 2.01. The molecular formula is C7H14ClN3O3. The number of nitrogens with two attached hydrogens (primary N) is 1. The molecule has 4 N–H and O–H groups in total. The minimum absolute atomic E-state index is 0.358. The number of nitrogens with one attached hydrogen (secondary N) is 2. The molecule has 1 heterocycles. The molecule has 1 fully saturated rings. The van der Waals surface area contributed by atoms with Crippen molar-refractivity contribution in [2.24, 2.45) is 5.73 Å². The van der Waals surface area contributed by atoms with E-state index in [2.05, 4.69) is 21.1 Å². The summed E-state index contributed by atoms with van der Waals surface area (Å²) >= 11 is 4.91. The van der Waals surface area contributed by atoms with Crippen molar-refractivity contribution in [2.45, 2.75) is 0 Å². The fourth-order valence-electron chi connectivity index (χ4n) is 0.743. The summed E-state index contributed by atoms with van der Waals surface area (Å²) in [7, 11) is 0. The summed E-state index contributed by atoms with van der Waals surface area (Å²) in [5.74, 6) is -1.19. The van der Waals surface area contributed by atoms with Crippen LogP contribution in [0, 0.1) is 0 Å². The average Bonchev–Trinajstić information content (AvgIpc) is 2.20. The molecule has 1 saturated heterocycles. The van der Waals surface area contributed by atoms with Crippen molar-refractivity contribution >= 4 is 23.7 Å². The topological polar surface area (TPSA) is 93.5 Å². The second kappa shape index (κ2) is 8.74. The third-order valence-corrected chi connectivity index (χ3v) is 1.50. The summed E-state index contributed by atoms with van der Waals surface area (Å²) in [6.07, 6.45) is -1.13. The van der Waals surface area contributed by atoms with Crippen molar-refractivity contribution in [3.8, 4) is 0 Å². The first kappa shape index (κ1) is 13.2. The van der Waals surface area contributed by atoms with Gasteiger partial charge in [0.2, 0.25) is 0 Å². The van der Waals surface area contributed by atoms with Gasteiger partial charge in [-0.25, -0.2) is 4.79 Å². The third kappa shape index (κ3) is 9.24. The molecule has 0 unspecified atom stereocenters. The van der Waals surface area contributed by atoms with Crippen LogP contribution >= 0.6 is 11.6 Å². The van der Waals surface area contributed by atoms with Crippen molar-refractivity contribution in [1.29, 1.82) is 0 Å². The van der Waals surface area contributed by atoms with Gasteiger partial charge in [0, 0.05) is 26.2 Å². The number of piperazine rings is 1. The van der Waals surface area contributed by atoms with Crippen LogP contribution in [0.1, 0.15) is 0 Å². The normalized spacial score (nSPS) is 14.9. The molecule has 0 aliphatic carbocycles. The molecule has 0 aromatic heterocycles. The molecule has 1 rings (SSSR count). The molecule has 14 heavy (non-hydrogen) atoms. The van der Waals surface area contributed by atoms with E-state index in [0.29, 0.717) is 0 Å². The number of carbonyl (C=O) groups is 2. The standard InChI is InChI=1S/C4H10N2.C3H4ClNO3/c1-2-6-4-3-5-1;4-1-2(6)8-3(5)7/h5-6H,1-4H2;1H2,(H2,5,7). The lowest BCUT2D eigenvalue weighted by Crippen LogP contribution is -2.39. The monoisotopic (exact) mass is 223 g/mol. The van der Waals surface area contributed by atoms with Gasteiger partial charge < -0.3 is 21.1 Å². The number of hydrogen-bond donors (Lipinski definition) is 3. The van der Waals surface area contributed by atoms with Gasteiger partial charge in [-0.3, -0.25) is 4.79 Å². The third-order valence-electron chi connectivity index (χ3n) is 1.28. The fourth-order valence-corrected chi connectivity index (χ4v) is 0.798. The van der Waals surface area contributed by atoms with Crippen LogP contribution < -0.4 is 16.4 Å². The van der Waals surface area contributed by atoms with Crippen LogP contribution in [0.25, 0.3) is 0 Å². The van der Waals surface area contributed by atoms with Crippen molar-refractivity contribution in [3.05, 3.63) is 0 Å². The first-order valence-electron chi connectivity index (χ1n) is 4.14. The second-order valence-corrected chi connectivity index (χ2v) is 2.69. The highest BCUT2D eigenvalue weighted by molar-refractivity contribution is 6.26. The predicted molar refractivity (Wildman–Crippen MR) is 52.1 cm³/mol. The van der Waals surface area contributed by atoms with Crippen LogP contribution in [0.3, 0.4) is 0 Å². The molecular weight excluding hydrogens is 210 g/mol. The molecule has 0 radical (unpaired) electrons. The van der Waals surface area contributed by atoms with Crippen molar-refractivity contribution in [2.75, 3.05) is 32.1 Å². The Kier molecular flexibility index (Phi) is 8.20. The molecule has 1 aliphatic rings. The van der Waals surface area contributed by atoms with E-state index in [9.17, 15) is 9.59 Å². The molecule has 6 nitrogen and oxygen atoms in total. The quantitative estimate of drug-likeness (QED) is 0.302. The number of carbonyl (C=O) groups excluding carboxylic acids is 2. The molecule has 1 amide bonds. The van der Waals surface area contributed by atoms with Gasteiger partial charge in [-0.05, 0) is 0 Å². The molecule has 0 saturated carbocycles. The summed E-state index contributed by atoms with van der Waals surface area (Å²) in [5.41, 5.74) is 4.43. The van der Waals surface area contributed by atoms with Crippen molar-refractivity contribution < 1.29 is 14.3 Å². The minimum atomic E-state index is -1.13. The van der Waals surface area contributed by atoms with Crippen LogP contribution in [0.4, 0.5) is 4.79 Å². The number of amides is 1. The second-order valence-electron chi connectivity index (χ2n) is 2.43. The lowest BCUT2D eigenvalue weighted by atomic mass is 10.4. The molecule has 0 aromatic rings. The first-order chi connectivity index (χ1) is 6.66. The molecule has 0 aromatic carbocycles. The van der Waals surface area contributed by atoms with Crippen LogP contribution in [0.15, 0.2) is 0 Å².